The molecule has 0 spiro atoms. The number of hydrogen-bond donors (Lipinski definition) is 0. The molecule has 1 nitrogen and oxygen atoms in total. The molecular formula is C8H14IN. The fraction of sp³-hybridized carbons (Fsp3) is 1.00. The molecule has 0 radical (unpaired) electrons. The monoisotopic (exact) mass is 251 g/mol. The third kappa shape index (κ3) is 0.998. The van der Waals surface area contributed by atoms with Crippen LogP contribution < -0.4 is 0 Å². The highest BCUT2D eigenvalue weighted by Crippen LogP contribution is 2.43. The van der Waals surface area contributed by atoms with Gasteiger partial charge in [0.05, 0.1) is 0 Å². The van der Waals surface area contributed by atoms with Gasteiger partial charge in [-0.15, -0.1) is 0 Å². The molecule has 0 N–H and O–H groups in total. The molecule has 58 valence electrons. The molecule has 1 aliphatic heterocycles. The Labute approximate surface area is 76.7 Å². The third-order valence-corrected chi connectivity index (χ3v) is 4.46. The number of rotatable bonds is 0. The van der Waals surface area contributed by atoms with Crippen LogP contribution in [-0.4, -0.2) is 15.7 Å². The van der Waals surface area contributed by atoms with Gasteiger partial charge in [0.15, 0.2) is 0 Å². The van der Waals surface area contributed by atoms with Gasteiger partial charge < -0.3 is 0 Å². The van der Waals surface area contributed by atoms with E-state index >= 15 is 0 Å². The van der Waals surface area contributed by atoms with Gasteiger partial charge in [0.2, 0.25) is 0 Å². The van der Waals surface area contributed by atoms with Crippen LogP contribution in [0.1, 0.15) is 26.2 Å². The second-order valence-electron chi connectivity index (χ2n) is 3.68. The summed E-state index contributed by atoms with van der Waals surface area (Å²) < 4.78 is 2.49. The highest BCUT2D eigenvalue weighted by atomic mass is 127. The third-order valence-electron chi connectivity index (χ3n) is 3.19. The highest BCUT2D eigenvalue weighted by Gasteiger charge is 2.40. The summed E-state index contributed by atoms with van der Waals surface area (Å²) >= 11 is 2.48. The standard InChI is InChI=1S/C8H14IN/c1-6-8-4-2-3-7(8)5-10(6)9/h6-8H,2-5H2,1H3/t6?,7-,8+/m0/s1. The summed E-state index contributed by atoms with van der Waals surface area (Å²) in [5.41, 5.74) is 0. The maximum Gasteiger partial charge on any atom is 0.0204 e. The van der Waals surface area contributed by atoms with Crippen LogP contribution in [0.3, 0.4) is 0 Å². The minimum absolute atomic E-state index is 0.855. The predicted molar refractivity (Wildman–Crippen MR) is 51.0 cm³/mol. The van der Waals surface area contributed by atoms with Crippen LogP contribution in [0.2, 0.25) is 0 Å². The van der Waals surface area contributed by atoms with Crippen molar-refractivity contribution in [1.82, 2.24) is 3.11 Å². The Morgan fingerprint density at radius 2 is 2.20 bits per heavy atom. The summed E-state index contributed by atoms with van der Waals surface area (Å²) in [4.78, 5) is 0. The van der Waals surface area contributed by atoms with Crippen LogP contribution in [-0.2, 0) is 0 Å². The minimum atomic E-state index is 0.855. The summed E-state index contributed by atoms with van der Waals surface area (Å²) in [5.74, 6) is 2.09. The lowest BCUT2D eigenvalue weighted by atomic mass is 9.95. The lowest BCUT2D eigenvalue weighted by molar-refractivity contribution is 0.397. The molecule has 0 aromatic heterocycles. The zero-order valence-corrected chi connectivity index (χ0v) is 8.54. The van der Waals surface area contributed by atoms with Gasteiger partial charge in [0, 0.05) is 35.5 Å². The molecule has 1 saturated heterocycles. The molecule has 10 heavy (non-hydrogen) atoms. The van der Waals surface area contributed by atoms with E-state index in [-0.39, 0.29) is 0 Å². The number of halogens is 1. The first-order chi connectivity index (χ1) is 4.79. The van der Waals surface area contributed by atoms with Crippen LogP contribution in [0.25, 0.3) is 0 Å². The van der Waals surface area contributed by atoms with Crippen molar-refractivity contribution in [2.75, 3.05) is 6.54 Å². The molecule has 2 aliphatic rings. The van der Waals surface area contributed by atoms with Gasteiger partial charge in [-0.1, -0.05) is 6.42 Å². The zero-order valence-electron chi connectivity index (χ0n) is 6.39. The molecule has 2 rings (SSSR count). The Balaban J connectivity index is 2.09. The Morgan fingerprint density at radius 3 is 2.90 bits per heavy atom. The first kappa shape index (κ1) is 7.35. The fourth-order valence-corrected chi connectivity index (χ4v) is 3.44. The van der Waals surface area contributed by atoms with Crippen LogP contribution in [0.15, 0.2) is 0 Å². The first-order valence-electron chi connectivity index (χ1n) is 4.21. The van der Waals surface area contributed by atoms with Gasteiger partial charge in [-0.3, -0.25) is 0 Å². The molecule has 2 heteroatoms. The number of nitrogens with zero attached hydrogens (tertiary/aromatic N) is 1. The molecule has 2 fully saturated rings. The second kappa shape index (κ2) is 2.63. The van der Waals surface area contributed by atoms with Crippen LogP contribution in [0.5, 0.6) is 0 Å². The SMILES string of the molecule is CC1[C@H]2CCC[C@H]2CN1I. The average molecular weight is 251 g/mol. The molecular weight excluding hydrogens is 237 g/mol. The lowest BCUT2D eigenvalue weighted by Gasteiger charge is -2.16. The molecule has 0 aromatic carbocycles. The zero-order chi connectivity index (χ0) is 7.14. The van der Waals surface area contributed by atoms with E-state index in [0.29, 0.717) is 0 Å². The van der Waals surface area contributed by atoms with Crippen molar-refractivity contribution in [1.29, 1.82) is 0 Å². The van der Waals surface area contributed by atoms with E-state index in [1.54, 1.807) is 0 Å². The molecule has 0 aromatic rings. The van der Waals surface area contributed by atoms with Gasteiger partial charge >= 0.3 is 0 Å². The van der Waals surface area contributed by atoms with Crippen molar-refractivity contribution >= 4 is 22.9 Å². The minimum Gasteiger partial charge on any atom is -0.244 e. The molecule has 0 bridgehead atoms. The van der Waals surface area contributed by atoms with Crippen LogP contribution in [0.4, 0.5) is 0 Å². The molecule has 1 heterocycles. The van der Waals surface area contributed by atoms with Crippen LogP contribution in [0, 0.1) is 11.8 Å². The Bertz CT molecular complexity index is 135. The topological polar surface area (TPSA) is 3.24 Å². The average Bonchev–Trinajstić information content (AvgIpc) is 2.41. The van der Waals surface area contributed by atoms with Crippen molar-refractivity contribution in [3.05, 3.63) is 0 Å². The normalized spacial score (nSPS) is 48.0. The van der Waals surface area contributed by atoms with E-state index in [2.05, 4.69) is 32.9 Å². The van der Waals surface area contributed by atoms with Crippen molar-refractivity contribution in [2.45, 2.75) is 32.2 Å². The van der Waals surface area contributed by atoms with Crippen LogP contribution >= 0.6 is 22.9 Å². The highest BCUT2D eigenvalue weighted by molar-refractivity contribution is 14.1. The maximum atomic E-state index is 2.49. The Morgan fingerprint density at radius 1 is 1.40 bits per heavy atom. The molecule has 1 saturated carbocycles. The van der Waals surface area contributed by atoms with Crippen molar-refractivity contribution in [3.8, 4) is 0 Å². The Hall–Kier alpha value is 0.690. The van der Waals surface area contributed by atoms with E-state index in [1.165, 1.54) is 25.8 Å². The second-order valence-corrected chi connectivity index (χ2v) is 4.92. The fourth-order valence-electron chi connectivity index (χ4n) is 2.53. The van der Waals surface area contributed by atoms with Gasteiger partial charge in [-0.2, -0.15) is 0 Å². The maximum absolute atomic E-state index is 2.49. The largest absolute Gasteiger partial charge is 0.244 e. The molecule has 1 unspecified atom stereocenters. The summed E-state index contributed by atoms with van der Waals surface area (Å²) in [6.07, 6.45) is 4.48. The van der Waals surface area contributed by atoms with Crippen molar-refractivity contribution in [3.63, 3.8) is 0 Å². The molecule has 3 atom stereocenters. The quantitative estimate of drug-likeness (QED) is 0.472. The predicted octanol–water partition coefficient (Wildman–Crippen LogP) is 2.46. The summed E-state index contributed by atoms with van der Waals surface area (Å²) in [6.45, 7) is 3.73. The van der Waals surface area contributed by atoms with E-state index in [0.717, 1.165) is 17.9 Å². The van der Waals surface area contributed by atoms with E-state index in [1.807, 2.05) is 0 Å². The van der Waals surface area contributed by atoms with Gasteiger partial charge in [-0.25, -0.2) is 3.11 Å². The van der Waals surface area contributed by atoms with Gasteiger partial charge in [0.25, 0.3) is 0 Å². The van der Waals surface area contributed by atoms with Crippen molar-refractivity contribution < 1.29 is 0 Å². The first-order valence-corrected chi connectivity index (χ1v) is 5.18. The Kier molecular flexibility index (Phi) is 1.93. The van der Waals surface area contributed by atoms with Crippen molar-refractivity contribution in [2.24, 2.45) is 11.8 Å². The van der Waals surface area contributed by atoms with E-state index in [4.69, 9.17) is 0 Å². The van der Waals surface area contributed by atoms with Gasteiger partial charge in [0.1, 0.15) is 0 Å². The summed E-state index contributed by atoms with van der Waals surface area (Å²) in [7, 11) is 0. The van der Waals surface area contributed by atoms with E-state index in [9.17, 15) is 0 Å². The number of hydrogen-bond acceptors (Lipinski definition) is 1. The molecule has 1 aliphatic carbocycles. The molecule has 0 amide bonds. The number of fused-ring (bicyclic) bond motifs is 1. The summed E-state index contributed by atoms with van der Waals surface area (Å²) in [6, 6.07) is 0.855. The lowest BCUT2D eigenvalue weighted by Crippen LogP contribution is -2.20. The van der Waals surface area contributed by atoms with Gasteiger partial charge in [-0.05, 0) is 31.6 Å². The summed E-state index contributed by atoms with van der Waals surface area (Å²) in [5, 5.41) is 0. The smallest absolute Gasteiger partial charge is 0.0204 e. The van der Waals surface area contributed by atoms with E-state index < -0.39 is 0 Å².